The quantitative estimate of drug-likeness (QED) is 0.499. The van der Waals surface area contributed by atoms with E-state index in [0.29, 0.717) is 29.0 Å². The number of nitrogens with two attached hydrogens (primary N) is 1. The van der Waals surface area contributed by atoms with Crippen LogP contribution in [0.15, 0.2) is 29.4 Å². The van der Waals surface area contributed by atoms with E-state index in [-0.39, 0.29) is 23.1 Å². The number of hydrogen-bond donors (Lipinski definition) is 2. The number of halogens is 2. The molecule has 0 bridgehead atoms. The zero-order valence-corrected chi connectivity index (χ0v) is 19.1. The number of anilines is 1. The Bertz CT molecular complexity index is 1180. The lowest BCUT2D eigenvalue weighted by molar-refractivity contribution is -0.117. The first-order valence-corrected chi connectivity index (χ1v) is 11.7. The molecule has 0 amide bonds. The second-order valence-corrected chi connectivity index (χ2v) is 9.79. The van der Waals surface area contributed by atoms with Crippen LogP contribution >= 0.6 is 11.6 Å². The number of ketones is 1. The van der Waals surface area contributed by atoms with Gasteiger partial charge < -0.3 is 15.4 Å². The van der Waals surface area contributed by atoms with Gasteiger partial charge in [0.1, 0.15) is 11.6 Å². The van der Waals surface area contributed by atoms with Crippen LogP contribution in [0.2, 0.25) is 5.02 Å². The van der Waals surface area contributed by atoms with Gasteiger partial charge in [0.15, 0.2) is 11.6 Å². The molecule has 1 spiro atoms. The van der Waals surface area contributed by atoms with E-state index < -0.39 is 5.82 Å². The zero-order chi connectivity index (χ0) is 23.2. The predicted molar refractivity (Wildman–Crippen MR) is 125 cm³/mol. The van der Waals surface area contributed by atoms with Gasteiger partial charge in [-0.25, -0.2) is 4.39 Å². The topological polar surface area (TPSA) is 96.7 Å². The van der Waals surface area contributed by atoms with Crippen LogP contribution in [-0.2, 0) is 6.42 Å². The molecule has 3 N–H and O–H groups in total. The summed E-state index contributed by atoms with van der Waals surface area (Å²) in [5.41, 5.74) is 7.71. The maximum Gasteiger partial charge on any atom is 0.165 e. The number of ether oxygens (including phenoxy) is 1. The number of rotatable bonds is 6. The molecule has 2 heterocycles. The van der Waals surface area contributed by atoms with Crippen molar-refractivity contribution in [3.05, 3.63) is 51.7 Å². The molecule has 2 aromatic rings. The number of benzene rings is 1. The van der Waals surface area contributed by atoms with Gasteiger partial charge in [-0.3, -0.25) is 19.8 Å². The highest BCUT2D eigenvalue weighted by molar-refractivity contribution is 6.34. The molecule has 0 atom stereocenters. The number of Topliss-reactive ketones (excluding diaryl/α,β-unsaturated/α-hetero) is 1. The van der Waals surface area contributed by atoms with E-state index in [2.05, 4.69) is 9.89 Å². The second kappa shape index (κ2) is 8.57. The molecule has 5 rings (SSSR count). The maximum absolute atomic E-state index is 14.1. The third-order valence-electron chi connectivity index (χ3n) is 6.98. The molecule has 33 heavy (non-hydrogen) atoms. The van der Waals surface area contributed by atoms with E-state index >= 15 is 0 Å². The number of nitrogens with zero attached hydrogens (tertiary/aromatic N) is 3. The Morgan fingerprint density at radius 1 is 1.33 bits per heavy atom. The number of fused-ring (bicyclic) bond motifs is 1. The summed E-state index contributed by atoms with van der Waals surface area (Å²) in [4.78, 5) is 18.9. The number of nitrogens with one attached hydrogen (secondary N) is 1. The van der Waals surface area contributed by atoms with Gasteiger partial charge in [-0.1, -0.05) is 11.6 Å². The molecule has 1 aromatic heterocycles. The number of carbonyl (C=O) groups excluding carboxylic acids is 1. The highest BCUT2D eigenvalue weighted by Gasteiger charge is 2.53. The van der Waals surface area contributed by atoms with Crippen molar-refractivity contribution in [1.29, 1.82) is 5.41 Å². The molecule has 9 heteroatoms. The summed E-state index contributed by atoms with van der Waals surface area (Å²) >= 11 is 6.27. The van der Waals surface area contributed by atoms with Crippen LogP contribution < -0.4 is 15.8 Å². The minimum atomic E-state index is -0.488. The first-order chi connectivity index (χ1) is 15.9. The van der Waals surface area contributed by atoms with Crippen LogP contribution in [0.3, 0.4) is 0 Å². The van der Waals surface area contributed by atoms with Crippen molar-refractivity contribution in [2.75, 3.05) is 31.9 Å². The summed E-state index contributed by atoms with van der Waals surface area (Å²) < 4.78 is 21.6. The van der Waals surface area contributed by atoms with Gasteiger partial charge in [-0.15, -0.1) is 0 Å². The van der Waals surface area contributed by atoms with Crippen LogP contribution in [0.5, 0.6) is 5.75 Å². The number of carbonyl (C=O) groups is 1. The fourth-order valence-corrected chi connectivity index (χ4v) is 5.67. The highest BCUT2D eigenvalue weighted by Crippen LogP contribution is 2.50. The van der Waals surface area contributed by atoms with Gasteiger partial charge in [0.25, 0.3) is 0 Å². The largest absolute Gasteiger partial charge is 0.490 e. The summed E-state index contributed by atoms with van der Waals surface area (Å²) in [6.45, 7) is 3.24. The molecular weight excluding hydrogens is 445 g/mol. The Morgan fingerprint density at radius 2 is 2.12 bits per heavy atom. The van der Waals surface area contributed by atoms with Gasteiger partial charge in [0.05, 0.1) is 29.4 Å². The molecule has 0 radical (unpaired) electrons. The summed E-state index contributed by atoms with van der Waals surface area (Å²) in [5.74, 6) is 0.715. The number of nitrogen functional groups attached to an aromatic ring is 1. The van der Waals surface area contributed by atoms with E-state index in [1.54, 1.807) is 6.07 Å². The monoisotopic (exact) mass is 471 g/mol. The third-order valence-corrected chi connectivity index (χ3v) is 7.29. The average molecular weight is 472 g/mol. The summed E-state index contributed by atoms with van der Waals surface area (Å²) in [6, 6.07) is 5.13. The van der Waals surface area contributed by atoms with E-state index in [4.69, 9.17) is 27.5 Å². The molecule has 1 aromatic carbocycles. The Hall–Kier alpha value is -2.71. The van der Waals surface area contributed by atoms with Crippen molar-refractivity contribution in [1.82, 2.24) is 9.47 Å². The van der Waals surface area contributed by atoms with E-state index in [0.717, 1.165) is 63.0 Å². The van der Waals surface area contributed by atoms with Crippen LogP contribution in [0, 0.1) is 16.6 Å². The van der Waals surface area contributed by atoms with Crippen molar-refractivity contribution >= 4 is 29.5 Å². The Labute approximate surface area is 196 Å². The average Bonchev–Trinajstić information content (AvgIpc) is 2.74. The summed E-state index contributed by atoms with van der Waals surface area (Å²) in [7, 11) is 0. The van der Waals surface area contributed by atoms with Crippen molar-refractivity contribution in [2.45, 2.75) is 38.2 Å². The highest BCUT2D eigenvalue weighted by atomic mass is 35.5. The molecule has 1 saturated carbocycles. The standard InChI is InChI=1S/C24H27ClFN5O2/c25-17-4-5-21(16-2-1-3-20(32)23(16)17)33-15-9-24(10-15)12-30(13-24)7-6-29-19-8-22(28)31(14-27)11-18(19)26/h4-5,8,11,14-15,27H,1-3,6-7,9-10,12-13,28H2. The van der Waals surface area contributed by atoms with Crippen molar-refractivity contribution in [2.24, 2.45) is 10.4 Å². The van der Waals surface area contributed by atoms with Crippen LogP contribution in [0.1, 0.15) is 41.6 Å². The number of hydrogen-bond acceptors (Lipinski definition) is 6. The molecule has 1 aliphatic heterocycles. The number of aromatic nitrogens is 1. The van der Waals surface area contributed by atoms with Gasteiger partial charge in [0, 0.05) is 54.9 Å². The van der Waals surface area contributed by atoms with Crippen LogP contribution in [-0.4, -0.2) is 53.9 Å². The normalized spacial score (nSPS) is 20.3. The van der Waals surface area contributed by atoms with Crippen LogP contribution in [0.4, 0.5) is 10.2 Å². The van der Waals surface area contributed by atoms with Crippen molar-refractivity contribution < 1.29 is 13.9 Å². The molecule has 1 saturated heterocycles. The minimum Gasteiger partial charge on any atom is -0.490 e. The lowest BCUT2D eigenvalue weighted by atomic mass is 9.61. The lowest BCUT2D eigenvalue weighted by Crippen LogP contribution is -2.64. The van der Waals surface area contributed by atoms with E-state index in [1.807, 2.05) is 6.07 Å². The van der Waals surface area contributed by atoms with Gasteiger partial charge in [0.2, 0.25) is 0 Å². The zero-order valence-electron chi connectivity index (χ0n) is 18.3. The molecule has 2 aliphatic carbocycles. The predicted octanol–water partition coefficient (Wildman–Crippen LogP) is 3.28. The van der Waals surface area contributed by atoms with Crippen molar-refractivity contribution in [3.63, 3.8) is 0 Å². The summed E-state index contributed by atoms with van der Waals surface area (Å²) in [6.07, 6.45) is 6.53. The lowest BCUT2D eigenvalue weighted by Gasteiger charge is -2.58. The smallest absolute Gasteiger partial charge is 0.165 e. The first kappa shape index (κ1) is 22.1. The molecule has 3 aliphatic rings. The van der Waals surface area contributed by atoms with E-state index in [9.17, 15) is 9.18 Å². The SMILES string of the molecule is N=Cn1cc(F)c(=NCCN2CC3(CC(Oc4ccc(Cl)c5c4CCCC5=O)C3)C2)cc1N. The molecular formula is C24H27ClFN5O2. The fourth-order valence-electron chi connectivity index (χ4n) is 5.39. The minimum absolute atomic E-state index is 0.115. The van der Waals surface area contributed by atoms with Gasteiger partial charge in [-0.2, -0.15) is 0 Å². The number of pyridine rings is 1. The fraction of sp³-hybridized carbons (Fsp3) is 0.458. The van der Waals surface area contributed by atoms with Crippen molar-refractivity contribution in [3.8, 4) is 5.75 Å². The van der Waals surface area contributed by atoms with Crippen LogP contribution in [0.25, 0.3) is 0 Å². The second-order valence-electron chi connectivity index (χ2n) is 9.38. The molecule has 174 valence electrons. The molecule has 2 fully saturated rings. The number of likely N-dealkylation sites (tertiary alicyclic amines) is 1. The van der Waals surface area contributed by atoms with Gasteiger partial charge in [-0.05, 0) is 37.8 Å². The molecule has 0 unspecified atom stereocenters. The van der Waals surface area contributed by atoms with Gasteiger partial charge >= 0.3 is 0 Å². The third kappa shape index (κ3) is 4.17. The Balaban J connectivity index is 1.12. The maximum atomic E-state index is 14.1. The summed E-state index contributed by atoms with van der Waals surface area (Å²) in [5, 5.41) is 7.95. The Kier molecular flexibility index (Phi) is 5.74. The Morgan fingerprint density at radius 3 is 2.88 bits per heavy atom. The van der Waals surface area contributed by atoms with E-state index in [1.165, 1.54) is 16.8 Å². The first-order valence-electron chi connectivity index (χ1n) is 11.3. The molecule has 7 nitrogen and oxygen atoms in total.